The Bertz CT molecular complexity index is 755. The van der Waals surface area contributed by atoms with E-state index in [2.05, 4.69) is 25.7 Å². The molecule has 0 saturated heterocycles. The number of fused-ring (bicyclic) bond motifs is 1. The van der Waals surface area contributed by atoms with E-state index in [1.54, 1.807) is 25.7 Å². The van der Waals surface area contributed by atoms with E-state index in [1.807, 2.05) is 22.7 Å². The number of pyridine rings is 1. The zero-order chi connectivity index (χ0) is 14.7. The fourth-order valence-corrected chi connectivity index (χ4v) is 1.98. The summed E-state index contributed by atoms with van der Waals surface area (Å²) in [4.78, 5) is 12.7. The molecule has 4 N–H and O–H groups in total. The third-order valence-corrected chi connectivity index (χ3v) is 2.99. The molecule has 3 heterocycles. The molecule has 3 aromatic rings. The van der Waals surface area contributed by atoms with Crippen LogP contribution in [0, 0.1) is 0 Å². The van der Waals surface area contributed by atoms with Crippen molar-refractivity contribution in [3.63, 3.8) is 0 Å². The first-order chi connectivity index (χ1) is 10.3. The van der Waals surface area contributed by atoms with Crippen molar-refractivity contribution in [3.05, 3.63) is 42.5 Å². The van der Waals surface area contributed by atoms with E-state index in [4.69, 9.17) is 10.6 Å². The third-order valence-electron chi connectivity index (χ3n) is 2.99. The fraction of sp³-hybridized carbons (Fsp3) is 0.154. The van der Waals surface area contributed by atoms with Crippen molar-refractivity contribution in [1.29, 1.82) is 0 Å². The minimum absolute atomic E-state index is 0.551. The summed E-state index contributed by atoms with van der Waals surface area (Å²) in [6, 6.07) is 3.77. The molecule has 0 bridgehead atoms. The second kappa shape index (κ2) is 5.63. The van der Waals surface area contributed by atoms with Crippen LogP contribution in [0.15, 0.2) is 36.9 Å². The molecule has 108 valence electrons. The van der Waals surface area contributed by atoms with E-state index in [0.29, 0.717) is 24.1 Å². The average molecular weight is 285 g/mol. The van der Waals surface area contributed by atoms with Crippen molar-refractivity contribution < 1.29 is 4.74 Å². The van der Waals surface area contributed by atoms with Gasteiger partial charge in [0.25, 0.3) is 0 Å². The monoisotopic (exact) mass is 285 g/mol. The highest BCUT2D eigenvalue weighted by atomic mass is 16.5. The lowest BCUT2D eigenvalue weighted by Gasteiger charge is -2.09. The number of aromatic nitrogens is 4. The number of anilines is 2. The van der Waals surface area contributed by atoms with Crippen LogP contribution in [0.4, 0.5) is 11.6 Å². The minimum atomic E-state index is 0.551. The first kappa shape index (κ1) is 13.1. The number of nitrogens with zero attached hydrogens (tertiary/aromatic N) is 4. The summed E-state index contributed by atoms with van der Waals surface area (Å²) in [7, 11) is 1.59. The van der Waals surface area contributed by atoms with Crippen molar-refractivity contribution >= 4 is 17.3 Å². The zero-order valence-electron chi connectivity index (χ0n) is 11.4. The van der Waals surface area contributed by atoms with Gasteiger partial charge in [0.15, 0.2) is 17.3 Å². The largest absolute Gasteiger partial charge is 0.481 e. The lowest BCUT2D eigenvalue weighted by molar-refractivity contribution is 0.397. The Hall–Kier alpha value is -2.87. The highest BCUT2D eigenvalue weighted by Crippen LogP contribution is 2.17. The molecule has 0 fully saturated rings. The van der Waals surface area contributed by atoms with E-state index < -0.39 is 0 Å². The summed E-state index contributed by atoms with van der Waals surface area (Å²) in [5, 5.41) is 3.24. The van der Waals surface area contributed by atoms with Gasteiger partial charge in [-0.25, -0.2) is 20.8 Å². The van der Waals surface area contributed by atoms with E-state index in [1.165, 1.54) is 0 Å². The molecule has 0 aliphatic heterocycles. The Morgan fingerprint density at radius 3 is 3.05 bits per heavy atom. The molecule has 3 aromatic heterocycles. The number of nitrogens with two attached hydrogens (primary N) is 1. The molecule has 0 aromatic carbocycles. The summed E-state index contributed by atoms with van der Waals surface area (Å²) in [6.45, 7) is 0.572. The number of hydrazine groups is 1. The van der Waals surface area contributed by atoms with Gasteiger partial charge < -0.3 is 19.9 Å². The van der Waals surface area contributed by atoms with E-state index >= 15 is 0 Å². The molecule has 3 rings (SSSR count). The van der Waals surface area contributed by atoms with Crippen molar-refractivity contribution in [1.82, 2.24) is 19.4 Å². The zero-order valence-corrected chi connectivity index (χ0v) is 11.4. The van der Waals surface area contributed by atoms with E-state index in [-0.39, 0.29) is 0 Å². The second-order valence-corrected chi connectivity index (χ2v) is 4.34. The van der Waals surface area contributed by atoms with Gasteiger partial charge in [-0.05, 0) is 11.6 Å². The van der Waals surface area contributed by atoms with Crippen molar-refractivity contribution in [2.45, 2.75) is 6.54 Å². The summed E-state index contributed by atoms with van der Waals surface area (Å²) in [5.74, 6) is 7.20. The maximum Gasteiger partial charge on any atom is 0.213 e. The molecule has 8 nitrogen and oxygen atoms in total. The lowest BCUT2D eigenvalue weighted by Crippen LogP contribution is -2.12. The number of nitrogens with one attached hydrogen (secondary N) is 2. The molecule has 0 saturated carbocycles. The number of rotatable bonds is 5. The van der Waals surface area contributed by atoms with Gasteiger partial charge in [-0.1, -0.05) is 0 Å². The number of methoxy groups -OCH3 is 1. The Kier molecular flexibility index (Phi) is 3.52. The maximum atomic E-state index is 5.42. The quantitative estimate of drug-likeness (QED) is 0.475. The highest BCUT2D eigenvalue weighted by Gasteiger charge is 2.07. The summed E-state index contributed by atoms with van der Waals surface area (Å²) in [5.41, 5.74) is 4.29. The fourth-order valence-electron chi connectivity index (χ4n) is 1.98. The number of hydrogen-bond donors (Lipinski definition) is 3. The van der Waals surface area contributed by atoms with Crippen LogP contribution < -0.4 is 21.3 Å². The Morgan fingerprint density at radius 2 is 2.24 bits per heavy atom. The van der Waals surface area contributed by atoms with Gasteiger partial charge in [0.05, 0.1) is 13.3 Å². The molecule has 0 radical (unpaired) electrons. The van der Waals surface area contributed by atoms with Gasteiger partial charge in [-0.2, -0.15) is 0 Å². The number of nitrogen functional groups attached to an aromatic ring is 1. The van der Waals surface area contributed by atoms with Gasteiger partial charge in [-0.3, -0.25) is 0 Å². The standard InChI is InChI=1S/C13H15N7O/c1-21-11-6-9(2-3-15-11)7-17-12-13-16-4-5-20(13)8-10(18-12)19-14/h2-6,8,19H,7,14H2,1H3,(H,17,18). The number of hydrogen-bond acceptors (Lipinski definition) is 7. The Balaban J connectivity index is 1.85. The highest BCUT2D eigenvalue weighted by molar-refractivity contribution is 5.65. The van der Waals surface area contributed by atoms with Crippen LogP contribution in [-0.2, 0) is 6.54 Å². The first-order valence-corrected chi connectivity index (χ1v) is 6.33. The molecule has 0 atom stereocenters. The second-order valence-electron chi connectivity index (χ2n) is 4.34. The van der Waals surface area contributed by atoms with Crippen molar-refractivity contribution in [3.8, 4) is 5.88 Å². The van der Waals surface area contributed by atoms with E-state index in [9.17, 15) is 0 Å². The van der Waals surface area contributed by atoms with Gasteiger partial charge in [0, 0.05) is 31.2 Å². The molecular formula is C13H15N7O. The van der Waals surface area contributed by atoms with Crippen LogP contribution in [-0.4, -0.2) is 26.5 Å². The van der Waals surface area contributed by atoms with Crippen LogP contribution in [0.1, 0.15) is 5.56 Å². The van der Waals surface area contributed by atoms with Crippen molar-refractivity contribution in [2.24, 2.45) is 5.84 Å². The van der Waals surface area contributed by atoms with Crippen LogP contribution in [0.25, 0.3) is 5.65 Å². The van der Waals surface area contributed by atoms with E-state index in [0.717, 1.165) is 11.2 Å². The average Bonchev–Trinajstić information content (AvgIpc) is 3.01. The third kappa shape index (κ3) is 2.70. The Labute approximate surface area is 121 Å². The first-order valence-electron chi connectivity index (χ1n) is 6.33. The smallest absolute Gasteiger partial charge is 0.213 e. The number of ether oxygens (including phenoxy) is 1. The topological polar surface area (TPSA) is 102 Å². The molecule has 21 heavy (non-hydrogen) atoms. The van der Waals surface area contributed by atoms with Crippen LogP contribution in [0.3, 0.4) is 0 Å². The molecule has 0 amide bonds. The van der Waals surface area contributed by atoms with Gasteiger partial charge >= 0.3 is 0 Å². The lowest BCUT2D eigenvalue weighted by atomic mass is 10.2. The van der Waals surface area contributed by atoms with Gasteiger partial charge in [-0.15, -0.1) is 0 Å². The molecular weight excluding hydrogens is 270 g/mol. The summed E-state index contributed by atoms with van der Waals surface area (Å²) < 4.78 is 6.95. The molecule has 0 aliphatic carbocycles. The summed E-state index contributed by atoms with van der Waals surface area (Å²) in [6.07, 6.45) is 7.01. The van der Waals surface area contributed by atoms with Crippen LogP contribution in [0.5, 0.6) is 5.88 Å². The molecule has 0 aliphatic rings. The summed E-state index contributed by atoms with van der Waals surface area (Å²) >= 11 is 0. The van der Waals surface area contributed by atoms with Crippen LogP contribution >= 0.6 is 0 Å². The van der Waals surface area contributed by atoms with Gasteiger partial charge in [0.2, 0.25) is 5.88 Å². The molecule has 8 heteroatoms. The predicted molar refractivity (Wildman–Crippen MR) is 78.9 cm³/mol. The van der Waals surface area contributed by atoms with Crippen LogP contribution in [0.2, 0.25) is 0 Å². The Morgan fingerprint density at radius 1 is 1.33 bits per heavy atom. The van der Waals surface area contributed by atoms with Gasteiger partial charge in [0.1, 0.15) is 0 Å². The van der Waals surface area contributed by atoms with Crippen molar-refractivity contribution in [2.75, 3.05) is 17.9 Å². The predicted octanol–water partition coefficient (Wildman–Crippen LogP) is 1.03. The molecule has 0 spiro atoms. The minimum Gasteiger partial charge on any atom is -0.481 e. The number of imidazole rings is 1. The SMILES string of the molecule is COc1cc(CNc2nc(NN)cn3ccnc23)ccn1. The maximum absolute atomic E-state index is 5.42. The normalized spacial score (nSPS) is 10.6. The molecule has 0 unspecified atom stereocenters.